The van der Waals surface area contributed by atoms with E-state index in [4.69, 9.17) is 0 Å². The van der Waals surface area contributed by atoms with Crippen LogP contribution in [0.5, 0.6) is 0 Å². The number of piperazine rings is 1. The molecule has 0 radical (unpaired) electrons. The second-order valence-corrected chi connectivity index (χ2v) is 6.84. The fraction of sp³-hybridized carbons (Fsp3) is 0.474. The lowest BCUT2D eigenvalue weighted by Crippen LogP contribution is -2.51. The van der Waals surface area contributed by atoms with Crippen molar-refractivity contribution in [1.29, 1.82) is 0 Å². The van der Waals surface area contributed by atoms with Crippen LogP contribution in [0, 0.1) is 12.8 Å². The van der Waals surface area contributed by atoms with E-state index in [9.17, 15) is 4.79 Å². The molecule has 1 aliphatic carbocycles. The highest BCUT2D eigenvalue weighted by Crippen LogP contribution is 2.26. The van der Waals surface area contributed by atoms with Crippen LogP contribution in [0.3, 0.4) is 0 Å². The summed E-state index contributed by atoms with van der Waals surface area (Å²) < 4.78 is 0. The van der Waals surface area contributed by atoms with Crippen LogP contribution in [0.4, 0.5) is 5.69 Å². The fourth-order valence-electron chi connectivity index (χ4n) is 3.92. The number of rotatable bonds is 2. The van der Waals surface area contributed by atoms with Gasteiger partial charge in [-0.3, -0.25) is 4.79 Å². The predicted octanol–water partition coefficient (Wildman–Crippen LogP) is 2.17. The normalized spacial score (nSPS) is 20.8. The Kier molecular flexibility index (Phi) is 4.00. The van der Waals surface area contributed by atoms with Crippen LogP contribution in [-0.4, -0.2) is 47.0 Å². The molecule has 0 spiro atoms. The summed E-state index contributed by atoms with van der Waals surface area (Å²) >= 11 is 0. The van der Waals surface area contributed by atoms with Gasteiger partial charge in [-0.05, 0) is 31.9 Å². The zero-order chi connectivity index (χ0) is 16.5. The number of carbonyl (C=O) groups excluding carboxylic acids is 1. The maximum atomic E-state index is 12.9. The Hall–Kier alpha value is -2.30. The number of carbonyl (C=O) groups is 1. The monoisotopic (exact) mass is 324 g/mol. The summed E-state index contributed by atoms with van der Waals surface area (Å²) in [6, 6.07) is 10.5. The van der Waals surface area contributed by atoms with Crippen molar-refractivity contribution >= 4 is 11.6 Å². The second-order valence-electron chi connectivity index (χ2n) is 6.84. The summed E-state index contributed by atoms with van der Waals surface area (Å²) in [5.74, 6) is 1.39. The van der Waals surface area contributed by atoms with E-state index in [1.807, 2.05) is 13.0 Å². The van der Waals surface area contributed by atoms with Crippen molar-refractivity contribution in [3.63, 3.8) is 0 Å². The van der Waals surface area contributed by atoms with E-state index < -0.39 is 0 Å². The van der Waals surface area contributed by atoms with Gasteiger partial charge in [0.2, 0.25) is 5.91 Å². The highest BCUT2D eigenvalue weighted by molar-refractivity contribution is 5.79. The first-order valence-electron chi connectivity index (χ1n) is 8.84. The van der Waals surface area contributed by atoms with Crippen LogP contribution in [-0.2, 0) is 17.6 Å². The fourth-order valence-corrected chi connectivity index (χ4v) is 3.92. The number of aryl methyl sites for hydroxylation is 2. The number of aromatic amines is 1. The van der Waals surface area contributed by atoms with Crippen LogP contribution < -0.4 is 4.90 Å². The molecule has 126 valence electrons. The number of para-hydroxylation sites is 1. The van der Waals surface area contributed by atoms with Crippen molar-refractivity contribution in [2.24, 2.45) is 5.92 Å². The van der Waals surface area contributed by atoms with Crippen LogP contribution >= 0.6 is 0 Å². The van der Waals surface area contributed by atoms with Crippen LogP contribution in [0.2, 0.25) is 0 Å². The highest BCUT2D eigenvalue weighted by Gasteiger charge is 2.31. The first-order chi connectivity index (χ1) is 11.7. The van der Waals surface area contributed by atoms with Gasteiger partial charge in [-0.15, -0.1) is 0 Å². The lowest BCUT2D eigenvalue weighted by Gasteiger charge is -2.38. The zero-order valence-corrected chi connectivity index (χ0v) is 14.2. The van der Waals surface area contributed by atoms with E-state index in [1.54, 1.807) is 0 Å². The van der Waals surface area contributed by atoms with E-state index in [0.717, 1.165) is 57.0 Å². The van der Waals surface area contributed by atoms with Gasteiger partial charge in [0.05, 0.1) is 5.69 Å². The highest BCUT2D eigenvalue weighted by atomic mass is 16.2. The van der Waals surface area contributed by atoms with Gasteiger partial charge in [-0.1, -0.05) is 18.2 Å². The quantitative estimate of drug-likeness (QED) is 0.921. The molecule has 1 aromatic carbocycles. The smallest absolute Gasteiger partial charge is 0.226 e. The van der Waals surface area contributed by atoms with E-state index in [-0.39, 0.29) is 5.92 Å². The molecule has 1 N–H and O–H groups in total. The minimum Gasteiger partial charge on any atom is -0.368 e. The number of nitrogens with one attached hydrogen (secondary N) is 1. The van der Waals surface area contributed by atoms with E-state index >= 15 is 0 Å². The Morgan fingerprint density at radius 2 is 1.92 bits per heavy atom. The minimum absolute atomic E-state index is 0.112. The molecule has 1 unspecified atom stereocenters. The Morgan fingerprint density at radius 1 is 1.17 bits per heavy atom. The van der Waals surface area contributed by atoms with Crippen molar-refractivity contribution in [2.45, 2.75) is 26.2 Å². The van der Waals surface area contributed by atoms with Crippen molar-refractivity contribution in [1.82, 2.24) is 14.9 Å². The molecule has 1 amide bonds. The average molecular weight is 324 g/mol. The molecule has 1 atom stereocenters. The largest absolute Gasteiger partial charge is 0.368 e. The van der Waals surface area contributed by atoms with E-state index in [0.29, 0.717) is 5.91 Å². The van der Waals surface area contributed by atoms with Crippen molar-refractivity contribution in [3.8, 4) is 0 Å². The van der Waals surface area contributed by atoms with Crippen LogP contribution in [0.1, 0.15) is 23.6 Å². The Labute approximate surface area is 142 Å². The van der Waals surface area contributed by atoms with Crippen molar-refractivity contribution in [2.75, 3.05) is 31.1 Å². The minimum atomic E-state index is 0.112. The molecule has 2 aromatic rings. The number of anilines is 1. The van der Waals surface area contributed by atoms with Crippen LogP contribution in [0.25, 0.3) is 0 Å². The zero-order valence-electron chi connectivity index (χ0n) is 14.2. The number of H-pyrrole nitrogens is 1. The van der Waals surface area contributed by atoms with Gasteiger partial charge in [0.1, 0.15) is 5.82 Å². The summed E-state index contributed by atoms with van der Waals surface area (Å²) in [5.41, 5.74) is 3.57. The number of fused-ring (bicyclic) bond motifs is 1. The number of nitrogens with zero attached hydrogens (tertiary/aromatic N) is 3. The molecule has 5 nitrogen and oxygen atoms in total. The Balaban J connectivity index is 1.37. The molecule has 1 aliphatic heterocycles. The maximum absolute atomic E-state index is 12.9. The molecular weight excluding hydrogens is 300 g/mol. The lowest BCUT2D eigenvalue weighted by atomic mass is 9.88. The first kappa shape index (κ1) is 15.2. The third kappa shape index (κ3) is 2.90. The molecule has 1 fully saturated rings. The van der Waals surface area contributed by atoms with Gasteiger partial charge >= 0.3 is 0 Å². The molecule has 5 heteroatoms. The third-order valence-corrected chi connectivity index (χ3v) is 5.22. The standard InChI is InChI=1S/C19H24N4O/c1-14-20-17-8-7-15(13-18(17)21-14)19(24)23-11-9-22(10-12-23)16-5-3-2-4-6-16/h2-6,15H,7-13H2,1H3,(H,20,21). The molecule has 1 saturated heterocycles. The number of amides is 1. The molecule has 2 aliphatic rings. The number of hydrogen-bond donors (Lipinski definition) is 1. The first-order valence-corrected chi connectivity index (χ1v) is 8.84. The molecule has 2 heterocycles. The maximum Gasteiger partial charge on any atom is 0.226 e. The van der Waals surface area contributed by atoms with Crippen molar-refractivity contribution in [3.05, 3.63) is 47.5 Å². The van der Waals surface area contributed by atoms with E-state index in [1.165, 1.54) is 11.4 Å². The third-order valence-electron chi connectivity index (χ3n) is 5.22. The predicted molar refractivity (Wildman–Crippen MR) is 94.1 cm³/mol. The topological polar surface area (TPSA) is 52.2 Å². The van der Waals surface area contributed by atoms with Crippen molar-refractivity contribution < 1.29 is 4.79 Å². The summed E-state index contributed by atoms with van der Waals surface area (Å²) in [6.07, 6.45) is 2.66. The SMILES string of the molecule is Cc1nc2c([nH]1)CC(C(=O)N1CCN(c3ccccc3)CC1)CC2. The van der Waals surface area contributed by atoms with Gasteiger partial charge in [0, 0.05) is 49.9 Å². The average Bonchev–Trinajstić information content (AvgIpc) is 3.01. The summed E-state index contributed by atoms with van der Waals surface area (Å²) in [4.78, 5) is 25.1. The lowest BCUT2D eigenvalue weighted by molar-refractivity contribution is -0.136. The number of benzene rings is 1. The summed E-state index contributed by atoms with van der Waals surface area (Å²) in [5, 5.41) is 0. The molecule has 1 aromatic heterocycles. The molecule has 0 saturated carbocycles. The van der Waals surface area contributed by atoms with Gasteiger partial charge in [0.25, 0.3) is 0 Å². The number of aromatic nitrogens is 2. The number of imidazole rings is 1. The number of hydrogen-bond acceptors (Lipinski definition) is 3. The van der Waals surface area contributed by atoms with Gasteiger partial charge in [0.15, 0.2) is 0 Å². The van der Waals surface area contributed by atoms with Crippen LogP contribution in [0.15, 0.2) is 30.3 Å². The van der Waals surface area contributed by atoms with Gasteiger partial charge in [-0.2, -0.15) is 0 Å². The van der Waals surface area contributed by atoms with Gasteiger partial charge < -0.3 is 14.8 Å². The van der Waals surface area contributed by atoms with Gasteiger partial charge in [-0.25, -0.2) is 4.98 Å². The second kappa shape index (κ2) is 6.30. The Morgan fingerprint density at radius 3 is 2.67 bits per heavy atom. The summed E-state index contributed by atoms with van der Waals surface area (Å²) in [7, 11) is 0. The molecule has 4 rings (SSSR count). The van der Waals surface area contributed by atoms with E-state index in [2.05, 4.69) is 44.0 Å². The summed E-state index contributed by atoms with van der Waals surface area (Å²) in [6.45, 7) is 5.45. The molecule has 24 heavy (non-hydrogen) atoms. The molecule has 0 bridgehead atoms. The Bertz CT molecular complexity index is 716. The molecular formula is C19H24N4O.